The molecular formula is C28H25NO4. The Labute approximate surface area is 192 Å². The number of unbranched alkanes of at least 4 members (excludes halogenated alkanes) is 1. The summed E-state index contributed by atoms with van der Waals surface area (Å²) in [6.45, 7) is 4.76. The quantitative estimate of drug-likeness (QED) is 0.344. The molecule has 1 amide bonds. The van der Waals surface area contributed by atoms with Crippen molar-refractivity contribution in [2.75, 3.05) is 11.5 Å². The first kappa shape index (κ1) is 21.0. The van der Waals surface area contributed by atoms with E-state index in [0.717, 1.165) is 35.4 Å². The largest absolute Gasteiger partial charge is 0.494 e. The van der Waals surface area contributed by atoms with Gasteiger partial charge in [-0.25, -0.2) is 0 Å². The average molecular weight is 440 g/mol. The summed E-state index contributed by atoms with van der Waals surface area (Å²) in [6.07, 6.45) is 2.05. The van der Waals surface area contributed by atoms with Crippen LogP contribution in [0.5, 0.6) is 5.75 Å². The van der Waals surface area contributed by atoms with Crippen LogP contribution in [0.15, 0.2) is 82.0 Å². The van der Waals surface area contributed by atoms with E-state index in [1.165, 1.54) is 0 Å². The van der Waals surface area contributed by atoms with Gasteiger partial charge in [0.2, 0.25) is 5.76 Å². The minimum atomic E-state index is -0.583. The molecule has 2 heterocycles. The van der Waals surface area contributed by atoms with Crippen LogP contribution in [-0.2, 0) is 0 Å². The van der Waals surface area contributed by atoms with Crippen LogP contribution in [0.2, 0.25) is 0 Å². The van der Waals surface area contributed by atoms with Gasteiger partial charge in [-0.15, -0.1) is 0 Å². The number of ether oxygens (including phenoxy) is 1. The van der Waals surface area contributed by atoms with Crippen LogP contribution in [0.25, 0.3) is 11.0 Å². The zero-order valence-corrected chi connectivity index (χ0v) is 18.7. The van der Waals surface area contributed by atoms with E-state index in [1.807, 2.05) is 55.5 Å². The number of nitrogens with zero attached hydrogens (tertiary/aromatic N) is 1. The van der Waals surface area contributed by atoms with Crippen LogP contribution >= 0.6 is 0 Å². The van der Waals surface area contributed by atoms with Crippen LogP contribution < -0.4 is 15.1 Å². The normalized spacial score (nSPS) is 15.2. The molecule has 1 atom stereocenters. The molecule has 1 aliphatic rings. The van der Waals surface area contributed by atoms with Crippen LogP contribution in [0.4, 0.5) is 5.69 Å². The Kier molecular flexibility index (Phi) is 5.47. The number of fused-ring (bicyclic) bond motifs is 2. The first-order valence-electron chi connectivity index (χ1n) is 11.3. The lowest BCUT2D eigenvalue weighted by molar-refractivity contribution is 0.0971. The number of amides is 1. The molecule has 5 heteroatoms. The zero-order chi connectivity index (χ0) is 22.9. The minimum Gasteiger partial charge on any atom is -0.494 e. The van der Waals surface area contributed by atoms with Crippen LogP contribution in [-0.4, -0.2) is 12.5 Å². The molecule has 1 aliphatic heterocycles. The van der Waals surface area contributed by atoms with Gasteiger partial charge in [-0.05, 0) is 60.9 Å². The highest BCUT2D eigenvalue weighted by molar-refractivity contribution is 6.10. The van der Waals surface area contributed by atoms with E-state index < -0.39 is 6.04 Å². The third-order valence-electron chi connectivity index (χ3n) is 6.02. The summed E-state index contributed by atoms with van der Waals surface area (Å²) in [5, 5.41) is 0.472. The molecule has 5 nitrogen and oxygen atoms in total. The predicted molar refractivity (Wildman–Crippen MR) is 129 cm³/mol. The number of hydrogen-bond acceptors (Lipinski definition) is 4. The van der Waals surface area contributed by atoms with Crippen molar-refractivity contribution in [3.63, 3.8) is 0 Å². The summed E-state index contributed by atoms with van der Waals surface area (Å²) < 4.78 is 11.8. The van der Waals surface area contributed by atoms with E-state index in [1.54, 1.807) is 29.2 Å². The maximum Gasteiger partial charge on any atom is 0.295 e. The van der Waals surface area contributed by atoms with Crippen LogP contribution in [0.1, 0.15) is 53.1 Å². The van der Waals surface area contributed by atoms with Crippen LogP contribution in [0.3, 0.4) is 0 Å². The molecule has 0 bridgehead atoms. The van der Waals surface area contributed by atoms with Crippen molar-refractivity contribution >= 4 is 22.6 Å². The third-order valence-corrected chi connectivity index (χ3v) is 6.02. The first-order valence-corrected chi connectivity index (χ1v) is 11.3. The Balaban J connectivity index is 1.67. The molecule has 0 spiro atoms. The summed E-state index contributed by atoms with van der Waals surface area (Å²) in [6, 6.07) is 21.8. The molecule has 1 unspecified atom stereocenters. The monoisotopic (exact) mass is 439 g/mol. The number of carbonyl (C=O) groups is 1. The smallest absolute Gasteiger partial charge is 0.295 e. The Hall–Kier alpha value is -3.86. The van der Waals surface area contributed by atoms with Gasteiger partial charge in [0.05, 0.1) is 23.6 Å². The maximum atomic E-state index is 13.6. The van der Waals surface area contributed by atoms with E-state index >= 15 is 0 Å². The molecule has 3 aromatic carbocycles. The number of anilines is 1. The molecule has 0 saturated carbocycles. The van der Waals surface area contributed by atoms with Crippen molar-refractivity contribution < 1.29 is 13.9 Å². The number of rotatable bonds is 6. The van der Waals surface area contributed by atoms with Crippen molar-refractivity contribution in [1.29, 1.82) is 0 Å². The van der Waals surface area contributed by atoms with Gasteiger partial charge >= 0.3 is 0 Å². The van der Waals surface area contributed by atoms with Gasteiger partial charge in [0.15, 0.2) is 5.43 Å². The number of para-hydroxylation sites is 1. The van der Waals surface area contributed by atoms with E-state index in [2.05, 4.69) is 6.92 Å². The highest BCUT2D eigenvalue weighted by Gasteiger charge is 2.43. The molecule has 0 aliphatic carbocycles. The van der Waals surface area contributed by atoms with Gasteiger partial charge in [0.25, 0.3) is 5.91 Å². The first-order chi connectivity index (χ1) is 16.1. The van der Waals surface area contributed by atoms with Crippen molar-refractivity contribution in [1.82, 2.24) is 0 Å². The molecule has 4 aromatic rings. The van der Waals surface area contributed by atoms with E-state index in [0.29, 0.717) is 23.1 Å². The van der Waals surface area contributed by atoms with E-state index in [4.69, 9.17) is 9.15 Å². The third kappa shape index (κ3) is 3.69. The predicted octanol–water partition coefficient (Wildman–Crippen LogP) is 6.03. The number of hydrogen-bond donors (Lipinski definition) is 0. The van der Waals surface area contributed by atoms with Gasteiger partial charge in [0, 0.05) is 5.69 Å². The number of carbonyl (C=O) groups excluding carboxylic acids is 1. The number of aryl methyl sites for hydroxylation is 1. The average Bonchev–Trinajstić information content (AvgIpc) is 3.12. The molecule has 5 rings (SSSR count). The molecular weight excluding hydrogens is 414 g/mol. The summed E-state index contributed by atoms with van der Waals surface area (Å²) in [5.74, 6) is 0.560. The molecule has 0 N–H and O–H groups in total. The van der Waals surface area contributed by atoms with Gasteiger partial charge in [-0.3, -0.25) is 14.5 Å². The lowest BCUT2D eigenvalue weighted by Crippen LogP contribution is -2.29. The Morgan fingerprint density at radius 3 is 2.52 bits per heavy atom. The fourth-order valence-electron chi connectivity index (χ4n) is 4.36. The molecule has 0 radical (unpaired) electrons. The second kappa shape index (κ2) is 8.58. The van der Waals surface area contributed by atoms with E-state index in [-0.39, 0.29) is 17.1 Å². The molecule has 166 valence electrons. The zero-order valence-electron chi connectivity index (χ0n) is 18.7. The standard InChI is InChI=1S/C28H25NO4/c1-3-4-16-32-21-14-12-19(13-15-21)25-24-26(30)22-10-5-6-11-23(22)33-27(24)28(31)29(25)20-9-7-8-18(2)17-20/h5-15,17,25H,3-4,16H2,1-2H3. The molecule has 0 fully saturated rings. The Morgan fingerprint density at radius 1 is 0.970 bits per heavy atom. The summed E-state index contributed by atoms with van der Waals surface area (Å²) in [7, 11) is 0. The highest BCUT2D eigenvalue weighted by Crippen LogP contribution is 2.41. The summed E-state index contributed by atoms with van der Waals surface area (Å²) >= 11 is 0. The van der Waals surface area contributed by atoms with Crippen molar-refractivity contribution in [2.45, 2.75) is 32.7 Å². The Morgan fingerprint density at radius 2 is 1.76 bits per heavy atom. The van der Waals surface area contributed by atoms with Crippen LogP contribution in [0, 0.1) is 6.92 Å². The van der Waals surface area contributed by atoms with Crippen molar-refractivity contribution in [3.8, 4) is 5.75 Å². The molecule has 1 aromatic heterocycles. The van der Waals surface area contributed by atoms with Crippen molar-refractivity contribution in [2.24, 2.45) is 0 Å². The van der Waals surface area contributed by atoms with Gasteiger partial charge in [-0.1, -0.05) is 49.7 Å². The SMILES string of the molecule is CCCCOc1ccc(C2c3c(oc4ccccc4c3=O)C(=O)N2c2cccc(C)c2)cc1. The van der Waals surface area contributed by atoms with Gasteiger partial charge in [0.1, 0.15) is 11.3 Å². The van der Waals surface area contributed by atoms with E-state index in [9.17, 15) is 9.59 Å². The van der Waals surface area contributed by atoms with Gasteiger partial charge in [-0.2, -0.15) is 0 Å². The molecule has 0 saturated heterocycles. The maximum absolute atomic E-state index is 13.6. The second-order valence-electron chi connectivity index (χ2n) is 8.36. The lowest BCUT2D eigenvalue weighted by atomic mass is 9.98. The summed E-state index contributed by atoms with van der Waals surface area (Å²) in [5.41, 5.74) is 3.19. The number of benzene rings is 3. The lowest BCUT2D eigenvalue weighted by Gasteiger charge is -2.25. The topological polar surface area (TPSA) is 59.8 Å². The van der Waals surface area contributed by atoms with Gasteiger partial charge < -0.3 is 9.15 Å². The highest BCUT2D eigenvalue weighted by atomic mass is 16.5. The minimum absolute atomic E-state index is 0.105. The second-order valence-corrected chi connectivity index (χ2v) is 8.36. The fourth-order valence-corrected chi connectivity index (χ4v) is 4.36. The van der Waals surface area contributed by atoms with Crippen molar-refractivity contribution in [3.05, 3.63) is 105 Å². The molecule has 33 heavy (non-hydrogen) atoms. The Bertz CT molecular complexity index is 1390. The summed E-state index contributed by atoms with van der Waals surface area (Å²) in [4.78, 5) is 28.8. The fraction of sp³-hybridized carbons (Fsp3) is 0.214.